The molecule has 0 aromatic heterocycles. The zero-order valence-electron chi connectivity index (χ0n) is 14.5. The third-order valence-electron chi connectivity index (χ3n) is 3.89. The first-order valence-electron chi connectivity index (χ1n) is 8.00. The minimum absolute atomic E-state index is 0.0750. The van der Waals surface area contributed by atoms with E-state index in [4.69, 9.17) is 19.7 Å². The molecule has 0 aliphatic rings. The molecular weight excluding hydrogens is 340 g/mol. The number of rotatable bonds is 8. The first-order chi connectivity index (χ1) is 12.4. The normalized spacial score (nSPS) is 10.4. The van der Waals surface area contributed by atoms with Crippen LogP contribution in [0.4, 0.5) is 0 Å². The maximum atomic E-state index is 11.2. The fraction of sp³-hybridized carbons (Fsp3) is 0.263. The third-order valence-corrected chi connectivity index (χ3v) is 3.89. The van der Waals surface area contributed by atoms with Crippen LogP contribution in [0.3, 0.4) is 0 Å². The van der Waals surface area contributed by atoms with Gasteiger partial charge in [-0.15, -0.1) is 0 Å². The molecule has 0 radical (unpaired) electrons. The lowest BCUT2D eigenvalue weighted by molar-refractivity contribution is 0.0683. The Morgan fingerprint density at radius 2 is 1.77 bits per heavy atom. The number of benzene rings is 2. The lowest BCUT2D eigenvalue weighted by Gasteiger charge is -2.15. The Hall–Kier alpha value is -3.22. The Kier molecular flexibility index (Phi) is 6.06. The second-order valence-corrected chi connectivity index (χ2v) is 5.61. The average Bonchev–Trinajstić information content (AvgIpc) is 2.61. The number of ether oxygens (including phenoxy) is 2. The van der Waals surface area contributed by atoms with Gasteiger partial charge in [0.15, 0.2) is 0 Å². The summed E-state index contributed by atoms with van der Waals surface area (Å²) in [6.45, 7) is 1.98. The van der Waals surface area contributed by atoms with E-state index in [9.17, 15) is 14.7 Å². The lowest BCUT2D eigenvalue weighted by atomic mass is 10.0. The molecular formula is C19H20O7. The quantitative estimate of drug-likeness (QED) is 0.661. The second-order valence-electron chi connectivity index (χ2n) is 5.61. The van der Waals surface area contributed by atoms with E-state index in [-0.39, 0.29) is 23.5 Å². The molecule has 0 heterocycles. The van der Waals surface area contributed by atoms with Gasteiger partial charge in [-0.1, -0.05) is 19.4 Å². The third kappa shape index (κ3) is 4.05. The Morgan fingerprint density at radius 3 is 2.35 bits per heavy atom. The summed E-state index contributed by atoms with van der Waals surface area (Å²) in [4.78, 5) is 22.2. The minimum Gasteiger partial charge on any atom is -0.507 e. The van der Waals surface area contributed by atoms with Crippen LogP contribution in [0.1, 0.15) is 45.2 Å². The molecule has 0 aliphatic heterocycles. The molecule has 3 N–H and O–H groups in total. The fourth-order valence-corrected chi connectivity index (χ4v) is 2.57. The van der Waals surface area contributed by atoms with Crippen LogP contribution in [-0.2, 0) is 13.0 Å². The van der Waals surface area contributed by atoms with E-state index < -0.39 is 11.9 Å². The monoisotopic (exact) mass is 360 g/mol. The number of hydrogen-bond donors (Lipinski definition) is 3. The van der Waals surface area contributed by atoms with Gasteiger partial charge in [-0.05, 0) is 30.7 Å². The summed E-state index contributed by atoms with van der Waals surface area (Å²) >= 11 is 0. The van der Waals surface area contributed by atoms with Gasteiger partial charge >= 0.3 is 11.9 Å². The number of phenols is 1. The van der Waals surface area contributed by atoms with Crippen LogP contribution in [0.15, 0.2) is 30.3 Å². The highest BCUT2D eigenvalue weighted by Crippen LogP contribution is 2.33. The molecule has 7 nitrogen and oxygen atoms in total. The predicted octanol–water partition coefficient (Wildman–Crippen LogP) is 3.33. The Morgan fingerprint density at radius 1 is 1.04 bits per heavy atom. The van der Waals surface area contributed by atoms with E-state index >= 15 is 0 Å². The van der Waals surface area contributed by atoms with Crippen molar-refractivity contribution >= 4 is 11.9 Å². The van der Waals surface area contributed by atoms with Gasteiger partial charge in [0, 0.05) is 11.1 Å². The van der Waals surface area contributed by atoms with E-state index in [1.54, 1.807) is 6.07 Å². The van der Waals surface area contributed by atoms with Crippen molar-refractivity contribution in [3.63, 3.8) is 0 Å². The molecule has 0 unspecified atom stereocenters. The maximum absolute atomic E-state index is 11.2. The number of aromatic carboxylic acids is 2. The summed E-state index contributed by atoms with van der Waals surface area (Å²) in [5, 5.41) is 28.4. The van der Waals surface area contributed by atoms with Gasteiger partial charge in [0.1, 0.15) is 29.4 Å². The summed E-state index contributed by atoms with van der Waals surface area (Å²) in [5.41, 5.74) is 0.972. The smallest absolute Gasteiger partial charge is 0.339 e. The average molecular weight is 360 g/mol. The predicted molar refractivity (Wildman–Crippen MR) is 93.3 cm³/mol. The van der Waals surface area contributed by atoms with Gasteiger partial charge in [-0.25, -0.2) is 9.59 Å². The van der Waals surface area contributed by atoms with Crippen molar-refractivity contribution in [3.05, 3.63) is 52.6 Å². The molecule has 0 saturated heterocycles. The summed E-state index contributed by atoms with van der Waals surface area (Å²) in [5.74, 6) is -1.83. The maximum Gasteiger partial charge on any atom is 0.339 e. The van der Waals surface area contributed by atoms with Crippen LogP contribution in [0.5, 0.6) is 17.2 Å². The van der Waals surface area contributed by atoms with Crippen LogP contribution in [0, 0.1) is 0 Å². The Balaban J connectivity index is 2.30. The molecule has 0 saturated carbocycles. The first-order valence-corrected chi connectivity index (χ1v) is 8.00. The number of carbonyl (C=O) groups is 2. The number of hydrogen-bond acceptors (Lipinski definition) is 5. The van der Waals surface area contributed by atoms with E-state index in [1.807, 2.05) is 6.92 Å². The Bertz CT molecular complexity index is 827. The molecule has 2 rings (SSSR count). The van der Waals surface area contributed by atoms with Gasteiger partial charge in [-0.3, -0.25) is 0 Å². The van der Waals surface area contributed by atoms with Gasteiger partial charge in [0.2, 0.25) is 0 Å². The number of methoxy groups -OCH3 is 1. The van der Waals surface area contributed by atoms with E-state index in [0.717, 1.165) is 0 Å². The molecule has 0 aliphatic carbocycles. The van der Waals surface area contributed by atoms with Crippen LogP contribution in [-0.4, -0.2) is 34.4 Å². The van der Waals surface area contributed by atoms with Gasteiger partial charge in [0.05, 0.1) is 12.7 Å². The largest absolute Gasteiger partial charge is 0.507 e. The van der Waals surface area contributed by atoms with Crippen molar-refractivity contribution in [2.75, 3.05) is 7.11 Å². The van der Waals surface area contributed by atoms with Crippen molar-refractivity contribution < 1.29 is 34.4 Å². The standard InChI is InChI=1S/C19H20O7/c1-3-4-13-15(8-7-14(17(13)20)19(23)24)26-10-12-6-5-11(18(21)22)9-16(12)25-2/h5-9,20H,3-4,10H2,1-2H3,(H,21,22)(H,23,24). The number of carboxylic acid groups (broad SMARTS) is 2. The molecule has 2 aromatic carbocycles. The van der Waals surface area contributed by atoms with Crippen molar-refractivity contribution in [3.8, 4) is 17.2 Å². The molecule has 26 heavy (non-hydrogen) atoms. The topological polar surface area (TPSA) is 113 Å². The zero-order valence-corrected chi connectivity index (χ0v) is 14.5. The molecule has 0 fully saturated rings. The van der Waals surface area contributed by atoms with Gasteiger partial charge < -0.3 is 24.8 Å². The van der Waals surface area contributed by atoms with Crippen LogP contribution in [0.25, 0.3) is 0 Å². The molecule has 0 spiro atoms. The molecule has 0 amide bonds. The highest BCUT2D eigenvalue weighted by molar-refractivity contribution is 5.91. The molecule has 2 aromatic rings. The highest BCUT2D eigenvalue weighted by atomic mass is 16.5. The summed E-state index contributed by atoms with van der Waals surface area (Å²) in [6.07, 6.45) is 1.15. The van der Waals surface area contributed by atoms with Crippen molar-refractivity contribution in [1.29, 1.82) is 0 Å². The number of carboxylic acids is 2. The SMILES string of the molecule is CCCc1c(OCc2ccc(C(=O)O)cc2OC)ccc(C(=O)O)c1O. The fourth-order valence-electron chi connectivity index (χ4n) is 2.57. The lowest BCUT2D eigenvalue weighted by Crippen LogP contribution is -2.05. The minimum atomic E-state index is -1.21. The van der Waals surface area contributed by atoms with Crippen LogP contribution in [0.2, 0.25) is 0 Å². The molecule has 138 valence electrons. The highest BCUT2D eigenvalue weighted by Gasteiger charge is 2.18. The molecule has 0 bridgehead atoms. The van der Waals surface area contributed by atoms with E-state index in [2.05, 4.69) is 0 Å². The van der Waals surface area contributed by atoms with Crippen molar-refractivity contribution in [2.24, 2.45) is 0 Å². The van der Waals surface area contributed by atoms with Crippen molar-refractivity contribution in [2.45, 2.75) is 26.4 Å². The second kappa shape index (κ2) is 8.24. The molecule has 7 heteroatoms. The van der Waals surface area contributed by atoms with E-state index in [1.165, 1.54) is 31.4 Å². The first kappa shape index (κ1) is 19.1. The van der Waals surface area contributed by atoms with Gasteiger partial charge in [0.25, 0.3) is 0 Å². The molecule has 0 atom stereocenters. The van der Waals surface area contributed by atoms with Crippen LogP contribution >= 0.6 is 0 Å². The Labute approximate surface area is 150 Å². The zero-order chi connectivity index (χ0) is 19.3. The van der Waals surface area contributed by atoms with Gasteiger partial charge in [-0.2, -0.15) is 0 Å². The van der Waals surface area contributed by atoms with Crippen LogP contribution < -0.4 is 9.47 Å². The summed E-state index contributed by atoms with van der Waals surface area (Å²) in [6, 6.07) is 7.23. The summed E-state index contributed by atoms with van der Waals surface area (Å²) in [7, 11) is 1.43. The van der Waals surface area contributed by atoms with Crippen molar-refractivity contribution in [1.82, 2.24) is 0 Å². The van der Waals surface area contributed by atoms with E-state index in [0.29, 0.717) is 35.5 Å². The number of aromatic hydroxyl groups is 1. The summed E-state index contributed by atoms with van der Waals surface area (Å²) < 4.78 is 11.0.